The summed E-state index contributed by atoms with van der Waals surface area (Å²) in [5.74, 6) is 0.859. The van der Waals surface area contributed by atoms with E-state index in [-0.39, 0.29) is 11.0 Å². The number of rotatable bonds is 3. The van der Waals surface area contributed by atoms with Crippen LogP contribution in [0.1, 0.15) is 11.1 Å². The number of hydrogen-bond donors (Lipinski definition) is 2. The van der Waals surface area contributed by atoms with Gasteiger partial charge in [-0.2, -0.15) is 0 Å². The van der Waals surface area contributed by atoms with Crippen molar-refractivity contribution in [3.63, 3.8) is 0 Å². The number of nitrogens with two attached hydrogens (primary N) is 1. The first-order valence-electron chi connectivity index (χ1n) is 7.05. The minimum Gasteiger partial charge on any atom is -0.486 e. The second-order valence-electron chi connectivity index (χ2n) is 5.51. The summed E-state index contributed by atoms with van der Waals surface area (Å²) in [4.78, 5) is 0.125. The molecular formula is C16H18N2O3S. The predicted octanol–water partition coefficient (Wildman–Crippen LogP) is 2.06. The predicted molar refractivity (Wildman–Crippen MR) is 85.6 cm³/mol. The van der Waals surface area contributed by atoms with E-state index in [9.17, 15) is 8.42 Å². The van der Waals surface area contributed by atoms with E-state index in [0.29, 0.717) is 13.0 Å². The summed E-state index contributed by atoms with van der Waals surface area (Å²) in [6.07, 6.45) is 0.709. The van der Waals surface area contributed by atoms with Gasteiger partial charge in [-0.3, -0.25) is 0 Å². The fraction of sp³-hybridized carbons (Fsp3) is 0.250. The van der Waals surface area contributed by atoms with Gasteiger partial charge in [0.25, 0.3) is 0 Å². The van der Waals surface area contributed by atoms with E-state index in [0.717, 1.165) is 22.6 Å². The Morgan fingerprint density at radius 3 is 2.64 bits per heavy atom. The lowest BCUT2D eigenvalue weighted by Gasteiger charge is -2.27. The highest BCUT2D eigenvalue weighted by Gasteiger charge is 2.19. The van der Waals surface area contributed by atoms with Crippen LogP contribution < -0.4 is 15.2 Å². The summed E-state index contributed by atoms with van der Waals surface area (Å²) >= 11 is 0. The van der Waals surface area contributed by atoms with E-state index in [1.807, 2.05) is 25.1 Å². The van der Waals surface area contributed by atoms with Crippen molar-refractivity contribution in [3.8, 4) is 5.75 Å². The van der Waals surface area contributed by atoms with Crippen molar-refractivity contribution in [1.82, 2.24) is 0 Å². The largest absolute Gasteiger partial charge is 0.486 e. The molecule has 0 amide bonds. The Balaban J connectivity index is 1.72. The second-order valence-corrected chi connectivity index (χ2v) is 7.07. The van der Waals surface area contributed by atoms with Crippen LogP contribution in [0.15, 0.2) is 47.4 Å². The number of aryl methyl sites for hydroxylation is 1. The van der Waals surface area contributed by atoms with Crippen molar-refractivity contribution >= 4 is 15.7 Å². The minimum absolute atomic E-state index is 0.00892. The van der Waals surface area contributed by atoms with Gasteiger partial charge in [0.05, 0.1) is 17.1 Å². The van der Waals surface area contributed by atoms with E-state index in [2.05, 4.69) is 5.32 Å². The second kappa shape index (κ2) is 5.62. The molecule has 0 fully saturated rings. The highest BCUT2D eigenvalue weighted by Crippen LogP contribution is 2.30. The molecule has 3 rings (SSSR count). The van der Waals surface area contributed by atoms with Crippen LogP contribution in [0.2, 0.25) is 0 Å². The topological polar surface area (TPSA) is 81.4 Å². The molecule has 0 saturated carbocycles. The lowest BCUT2D eigenvalue weighted by atomic mass is 10.1. The molecule has 5 nitrogen and oxygen atoms in total. The highest BCUT2D eigenvalue weighted by atomic mass is 32.2. The standard InChI is InChI=1S/C16H18N2O3S/c1-11-2-7-15-16(8-11)21-13(10-18-15)9-12-3-5-14(6-4-12)22(17,19)20/h2-8,13,18H,9-10H2,1H3,(H2,17,19,20). The molecule has 3 N–H and O–H groups in total. The number of sulfonamides is 1. The Bertz CT molecular complexity index is 786. The van der Waals surface area contributed by atoms with Gasteiger partial charge in [0.1, 0.15) is 11.9 Å². The zero-order valence-corrected chi connectivity index (χ0v) is 13.1. The third kappa shape index (κ3) is 3.23. The number of primary sulfonamides is 1. The number of hydrogen-bond acceptors (Lipinski definition) is 4. The average molecular weight is 318 g/mol. The molecule has 0 bridgehead atoms. The average Bonchev–Trinajstić information content (AvgIpc) is 2.46. The molecule has 1 aliphatic heterocycles. The van der Waals surface area contributed by atoms with Gasteiger partial charge in [-0.15, -0.1) is 0 Å². The molecule has 0 radical (unpaired) electrons. The quantitative estimate of drug-likeness (QED) is 0.907. The van der Waals surface area contributed by atoms with Crippen molar-refractivity contribution in [2.75, 3.05) is 11.9 Å². The number of nitrogens with one attached hydrogen (secondary N) is 1. The molecule has 0 saturated heterocycles. The number of benzene rings is 2. The molecule has 1 aliphatic rings. The van der Waals surface area contributed by atoms with Crippen LogP contribution in [0.3, 0.4) is 0 Å². The Hall–Kier alpha value is -2.05. The van der Waals surface area contributed by atoms with Crippen LogP contribution in [0, 0.1) is 6.92 Å². The maximum absolute atomic E-state index is 11.2. The van der Waals surface area contributed by atoms with Crippen molar-refractivity contribution in [1.29, 1.82) is 0 Å². The van der Waals surface area contributed by atoms with E-state index in [4.69, 9.17) is 9.88 Å². The van der Waals surface area contributed by atoms with Gasteiger partial charge >= 0.3 is 0 Å². The Morgan fingerprint density at radius 1 is 1.23 bits per heavy atom. The van der Waals surface area contributed by atoms with Gasteiger partial charge in [-0.1, -0.05) is 18.2 Å². The Labute approximate surface area is 130 Å². The van der Waals surface area contributed by atoms with Gasteiger partial charge in [0, 0.05) is 6.42 Å². The third-order valence-corrected chi connectivity index (χ3v) is 4.60. The monoisotopic (exact) mass is 318 g/mol. The molecule has 2 aromatic carbocycles. The normalized spacial score (nSPS) is 17.3. The molecule has 0 aromatic heterocycles. The molecular weight excluding hydrogens is 300 g/mol. The number of ether oxygens (including phenoxy) is 1. The molecule has 1 heterocycles. The van der Waals surface area contributed by atoms with Crippen LogP contribution in [0.4, 0.5) is 5.69 Å². The zero-order chi connectivity index (χ0) is 15.7. The maximum atomic E-state index is 11.2. The molecule has 1 unspecified atom stereocenters. The molecule has 0 spiro atoms. The van der Waals surface area contributed by atoms with Gasteiger partial charge in [-0.05, 0) is 42.3 Å². The van der Waals surface area contributed by atoms with E-state index in [1.54, 1.807) is 12.1 Å². The third-order valence-electron chi connectivity index (χ3n) is 3.67. The van der Waals surface area contributed by atoms with E-state index < -0.39 is 10.0 Å². The van der Waals surface area contributed by atoms with E-state index in [1.165, 1.54) is 12.1 Å². The zero-order valence-electron chi connectivity index (χ0n) is 12.2. The Morgan fingerprint density at radius 2 is 1.95 bits per heavy atom. The van der Waals surface area contributed by atoms with Gasteiger partial charge in [0.2, 0.25) is 10.0 Å². The Kier molecular flexibility index (Phi) is 3.80. The fourth-order valence-electron chi connectivity index (χ4n) is 2.51. The van der Waals surface area contributed by atoms with Gasteiger partial charge in [0.15, 0.2) is 0 Å². The number of anilines is 1. The smallest absolute Gasteiger partial charge is 0.238 e. The van der Waals surface area contributed by atoms with Crippen molar-refractivity contribution < 1.29 is 13.2 Å². The molecule has 6 heteroatoms. The summed E-state index contributed by atoms with van der Waals surface area (Å²) in [7, 11) is -3.64. The maximum Gasteiger partial charge on any atom is 0.238 e. The van der Waals surface area contributed by atoms with Crippen LogP contribution in [0.5, 0.6) is 5.75 Å². The molecule has 22 heavy (non-hydrogen) atoms. The van der Waals surface area contributed by atoms with Gasteiger partial charge < -0.3 is 10.1 Å². The molecule has 116 valence electrons. The van der Waals surface area contributed by atoms with Crippen molar-refractivity contribution in [2.24, 2.45) is 5.14 Å². The lowest BCUT2D eigenvalue weighted by molar-refractivity contribution is 0.206. The van der Waals surface area contributed by atoms with Gasteiger partial charge in [-0.25, -0.2) is 13.6 Å². The molecule has 2 aromatic rings. The van der Waals surface area contributed by atoms with Crippen molar-refractivity contribution in [3.05, 3.63) is 53.6 Å². The minimum atomic E-state index is -3.64. The fourth-order valence-corrected chi connectivity index (χ4v) is 3.03. The lowest BCUT2D eigenvalue weighted by Crippen LogP contribution is -2.32. The summed E-state index contributed by atoms with van der Waals surface area (Å²) in [6.45, 7) is 2.74. The first-order valence-corrected chi connectivity index (χ1v) is 8.59. The molecule has 0 aliphatic carbocycles. The van der Waals surface area contributed by atoms with Crippen LogP contribution in [-0.4, -0.2) is 21.1 Å². The first kappa shape index (κ1) is 14.9. The summed E-state index contributed by atoms with van der Waals surface area (Å²) in [5.41, 5.74) is 3.17. The summed E-state index contributed by atoms with van der Waals surface area (Å²) < 4.78 is 28.5. The first-order chi connectivity index (χ1) is 10.4. The molecule has 1 atom stereocenters. The van der Waals surface area contributed by atoms with Crippen LogP contribution >= 0.6 is 0 Å². The highest BCUT2D eigenvalue weighted by molar-refractivity contribution is 7.89. The SMILES string of the molecule is Cc1ccc2c(c1)OC(Cc1ccc(S(N)(=O)=O)cc1)CN2. The summed E-state index contributed by atoms with van der Waals surface area (Å²) in [6, 6.07) is 12.7. The van der Waals surface area contributed by atoms with Crippen molar-refractivity contribution in [2.45, 2.75) is 24.3 Å². The van der Waals surface area contributed by atoms with Crippen LogP contribution in [0.25, 0.3) is 0 Å². The van der Waals surface area contributed by atoms with E-state index >= 15 is 0 Å². The number of fused-ring (bicyclic) bond motifs is 1. The summed E-state index contributed by atoms with van der Waals surface area (Å²) in [5, 5.41) is 8.45. The van der Waals surface area contributed by atoms with Crippen LogP contribution in [-0.2, 0) is 16.4 Å².